The van der Waals surface area contributed by atoms with E-state index in [1.807, 2.05) is 13.8 Å². The van der Waals surface area contributed by atoms with E-state index < -0.39 is 0 Å². The summed E-state index contributed by atoms with van der Waals surface area (Å²) in [4.78, 5) is 12.9. The van der Waals surface area contributed by atoms with Gasteiger partial charge >= 0.3 is 6.09 Å². The highest BCUT2D eigenvalue weighted by molar-refractivity contribution is 5.67. The first-order valence-electron chi connectivity index (χ1n) is 6.10. The van der Waals surface area contributed by atoms with Gasteiger partial charge in [0.05, 0.1) is 6.61 Å². The molecule has 0 bridgehead atoms. The van der Waals surface area contributed by atoms with Crippen LogP contribution in [0, 0.1) is 0 Å². The minimum Gasteiger partial charge on any atom is -0.449 e. The van der Waals surface area contributed by atoms with Gasteiger partial charge in [-0.05, 0) is 12.8 Å². The fourth-order valence-electron chi connectivity index (χ4n) is 0.901. The summed E-state index contributed by atoms with van der Waals surface area (Å²) in [5.41, 5.74) is 0. The summed E-state index contributed by atoms with van der Waals surface area (Å²) in [6, 6.07) is 0. The van der Waals surface area contributed by atoms with Crippen molar-refractivity contribution in [2.45, 2.75) is 53.4 Å². The van der Waals surface area contributed by atoms with Gasteiger partial charge in [-0.15, -0.1) is 0 Å². The molecule has 0 saturated carbocycles. The Morgan fingerprint density at radius 1 is 1.13 bits per heavy atom. The van der Waals surface area contributed by atoms with Gasteiger partial charge < -0.3 is 9.64 Å². The SMILES string of the molecule is CC.CCCCOC(=O)N(C)CCCC. The van der Waals surface area contributed by atoms with Crippen LogP contribution in [0.1, 0.15) is 53.4 Å². The molecule has 0 aromatic heterocycles. The fraction of sp³-hybridized carbons (Fsp3) is 0.917. The number of unbranched alkanes of at least 4 members (excludes halogenated alkanes) is 2. The molecule has 3 heteroatoms. The molecular formula is C12H27NO2. The molecule has 0 atom stereocenters. The Hall–Kier alpha value is -0.730. The average molecular weight is 217 g/mol. The molecule has 0 aliphatic rings. The van der Waals surface area contributed by atoms with Gasteiger partial charge in [-0.2, -0.15) is 0 Å². The molecule has 0 aliphatic carbocycles. The molecule has 0 N–H and O–H groups in total. The Labute approximate surface area is 94.8 Å². The molecule has 1 amide bonds. The van der Waals surface area contributed by atoms with E-state index in [0.717, 1.165) is 32.2 Å². The van der Waals surface area contributed by atoms with Crippen LogP contribution in [0.4, 0.5) is 4.79 Å². The zero-order valence-corrected chi connectivity index (χ0v) is 11.0. The van der Waals surface area contributed by atoms with Crippen molar-refractivity contribution in [2.75, 3.05) is 20.2 Å². The topological polar surface area (TPSA) is 29.5 Å². The molecule has 0 heterocycles. The van der Waals surface area contributed by atoms with Gasteiger partial charge in [0.15, 0.2) is 0 Å². The molecule has 15 heavy (non-hydrogen) atoms. The van der Waals surface area contributed by atoms with Crippen molar-refractivity contribution in [3.63, 3.8) is 0 Å². The van der Waals surface area contributed by atoms with Gasteiger partial charge in [0.25, 0.3) is 0 Å². The number of amides is 1. The normalized spacial score (nSPS) is 8.87. The second-order valence-electron chi connectivity index (χ2n) is 3.24. The van der Waals surface area contributed by atoms with Gasteiger partial charge in [-0.3, -0.25) is 0 Å². The van der Waals surface area contributed by atoms with Crippen molar-refractivity contribution >= 4 is 6.09 Å². The van der Waals surface area contributed by atoms with E-state index in [1.165, 1.54) is 0 Å². The lowest BCUT2D eigenvalue weighted by molar-refractivity contribution is 0.109. The first kappa shape index (κ1) is 16.7. The first-order chi connectivity index (χ1) is 7.22. The molecule has 0 radical (unpaired) electrons. The van der Waals surface area contributed by atoms with Gasteiger partial charge in [-0.25, -0.2) is 4.79 Å². The average Bonchev–Trinajstić information content (AvgIpc) is 2.28. The highest BCUT2D eigenvalue weighted by Crippen LogP contribution is 1.96. The molecule has 0 aliphatic heterocycles. The lowest BCUT2D eigenvalue weighted by Gasteiger charge is -2.16. The molecule has 3 nitrogen and oxygen atoms in total. The monoisotopic (exact) mass is 217 g/mol. The van der Waals surface area contributed by atoms with E-state index >= 15 is 0 Å². The van der Waals surface area contributed by atoms with Crippen molar-refractivity contribution in [1.82, 2.24) is 4.90 Å². The third-order valence-corrected chi connectivity index (χ3v) is 1.88. The second kappa shape index (κ2) is 13.3. The van der Waals surface area contributed by atoms with Crippen LogP contribution in [0.25, 0.3) is 0 Å². The van der Waals surface area contributed by atoms with Crippen molar-refractivity contribution < 1.29 is 9.53 Å². The van der Waals surface area contributed by atoms with Gasteiger partial charge in [0, 0.05) is 13.6 Å². The van der Waals surface area contributed by atoms with E-state index in [1.54, 1.807) is 11.9 Å². The quantitative estimate of drug-likeness (QED) is 0.635. The predicted octanol–water partition coefficient (Wildman–Crippen LogP) is 3.68. The molecule has 92 valence electrons. The summed E-state index contributed by atoms with van der Waals surface area (Å²) in [5, 5.41) is 0. The van der Waals surface area contributed by atoms with Gasteiger partial charge in [0.2, 0.25) is 0 Å². The number of carbonyl (C=O) groups is 1. The summed E-state index contributed by atoms with van der Waals surface area (Å²) in [7, 11) is 1.78. The van der Waals surface area contributed by atoms with Crippen molar-refractivity contribution in [1.29, 1.82) is 0 Å². The summed E-state index contributed by atoms with van der Waals surface area (Å²) in [6.07, 6.45) is 3.97. The molecule has 0 unspecified atom stereocenters. The van der Waals surface area contributed by atoms with Crippen LogP contribution >= 0.6 is 0 Å². The number of rotatable bonds is 6. The molecule has 0 saturated heterocycles. The van der Waals surface area contributed by atoms with Crippen LogP contribution in [0.15, 0.2) is 0 Å². The van der Waals surface area contributed by atoms with E-state index in [4.69, 9.17) is 4.74 Å². The minimum atomic E-state index is -0.193. The summed E-state index contributed by atoms with van der Waals surface area (Å²) in [6.45, 7) is 9.53. The van der Waals surface area contributed by atoms with Crippen LogP contribution in [-0.4, -0.2) is 31.2 Å². The van der Waals surface area contributed by atoms with Crippen LogP contribution in [-0.2, 0) is 4.74 Å². The Bertz CT molecular complexity index is 138. The number of hydrogen-bond donors (Lipinski definition) is 0. The van der Waals surface area contributed by atoms with Crippen LogP contribution in [0.5, 0.6) is 0 Å². The predicted molar refractivity (Wildman–Crippen MR) is 65.1 cm³/mol. The maximum atomic E-state index is 11.2. The lowest BCUT2D eigenvalue weighted by atomic mass is 10.3. The fourth-order valence-corrected chi connectivity index (χ4v) is 0.901. The molecule has 0 spiro atoms. The first-order valence-corrected chi connectivity index (χ1v) is 6.10. The lowest BCUT2D eigenvalue weighted by Crippen LogP contribution is -2.28. The molecule has 0 aromatic rings. The maximum Gasteiger partial charge on any atom is 0.409 e. The molecular weight excluding hydrogens is 190 g/mol. The third-order valence-electron chi connectivity index (χ3n) is 1.88. The van der Waals surface area contributed by atoms with Crippen molar-refractivity contribution in [3.8, 4) is 0 Å². The Balaban J connectivity index is 0. The molecule has 0 aromatic carbocycles. The largest absolute Gasteiger partial charge is 0.449 e. The highest BCUT2D eigenvalue weighted by Gasteiger charge is 2.07. The molecule has 0 rings (SSSR count). The number of nitrogens with zero attached hydrogens (tertiary/aromatic N) is 1. The highest BCUT2D eigenvalue weighted by atomic mass is 16.6. The number of carbonyl (C=O) groups excluding carboxylic acids is 1. The van der Waals surface area contributed by atoms with Gasteiger partial charge in [0.1, 0.15) is 0 Å². The van der Waals surface area contributed by atoms with Crippen molar-refractivity contribution in [2.24, 2.45) is 0 Å². The van der Waals surface area contributed by atoms with Crippen LogP contribution in [0.2, 0.25) is 0 Å². The maximum absolute atomic E-state index is 11.2. The number of hydrogen-bond acceptors (Lipinski definition) is 2. The third kappa shape index (κ3) is 11.2. The van der Waals surface area contributed by atoms with Crippen molar-refractivity contribution in [3.05, 3.63) is 0 Å². The standard InChI is InChI=1S/C10H21NO2.C2H6/c1-4-6-8-11(3)10(12)13-9-7-5-2;1-2/h4-9H2,1-3H3;1-2H3. The van der Waals surface area contributed by atoms with Gasteiger partial charge in [-0.1, -0.05) is 40.5 Å². The zero-order chi connectivity index (χ0) is 12.1. The summed E-state index contributed by atoms with van der Waals surface area (Å²) in [5.74, 6) is 0. The van der Waals surface area contributed by atoms with E-state index in [-0.39, 0.29) is 6.09 Å². The zero-order valence-electron chi connectivity index (χ0n) is 11.0. The van der Waals surface area contributed by atoms with Crippen LogP contribution < -0.4 is 0 Å². The molecule has 0 fully saturated rings. The van der Waals surface area contributed by atoms with E-state index in [2.05, 4.69) is 13.8 Å². The van der Waals surface area contributed by atoms with E-state index in [9.17, 15) is 4.79 Å². The van der Waals surface area contributed by atoms with Crippen LogP contribution in [0.3, 0.4) is 0 Å². The number of ether oxygens (including phenoxy) is 1. The van der Waals surface area contributed by atoms with E-state index in [0.29, 0.717) is 6.61 Å². The Morgan fingerprint density at radius 3 is 2.13 bits per heavy atom. The minimum absolute atomic E-state index is 0.193. The summed E-state index contributed by atoms with van der Waals surface area (Å²) < 4.78 is 5.03. The second-order valence-corrected chi connectivity index (χ2v) is 3.24. The Morgan fingerprint density at radius 2 is 1.67 bits per heavy atom. The smallest absolute Gasteiger partial charge is 0.409 e. The summed E-state index contributed by atoms with van der Waals surface area (Å²) >= 11 is 0. The Kier molecular flexibility index (Phi) is 14.8.